The molecule has 0 spiro atoms. The molecule has 0 amide bonds. The second-order valence-corrected chi connectivity index (χ2v) is 18.5. The molecule has 4 heterocycles. The number of benzene rings is 8. The van der Waals surface area contributed by atoms with Crippen molar-refractivity contribution in [3.05, 3.63) is 271 Å². The Balaban J connectivity index is 0.00000616. The van der Waals surface area contributed by atoms with Crippen LogP contribution in [-0.4, -0.2) is 15.0 Å². The van der Waals surface area contributed by atoms with Crippen molar-refractivity contribution in [2.45, 2.75) is 24.7 Å². The summed E-state index contributed by atoms with van der Waals surface area (Å²) in [6.45, 7) is 0. The van der Waals surface area contributed by atoms with Crippen LogP contribution in [0.3, 0.4) is 0 Å². The van der Waals surface area contributed by atoms with E-state index in [-0.39, 0.29) is 36.8 Å². The van der Waals surface area contributed by atoms with E-state index in [0.717, 1.165) is 44.7 Å². The quantitative estimate of drug-likeness (QED) is 0.0853. The van der Waals surface area contributed by atoms with Gasteiger partial charge in [0.1, 0.15) is 11.2 Å². The Bertz CT molecular complexity index is 3870. The van der Waals surface area contributed by atoms with Gasteiger partial charge in [-0.2, -0.15) is 0 Å². The van der Waals surface area contributed by atoms with Crippen LogP contribution in [0.25, 0.3) is 100 Å². The summed E-state index contributed by atoms with van der Waals surface area (Å²) in [5, 5.41) is 1.86. The molecule has 0 N–H and O–H groups in total. The van der Waals surface area contributed by atoms with Gasteiger partial charge < -0.3 is 19.4 Å². The molecule has 0 aliphatic rings. The van der Waals surface area contributed by atoms with Gasteiger partial charge >= 0.3 is 20.1 Å². The van der Waals surface area contributed by atoms with E-state index in [1.165, 1.54) is 24.3 Å². The predicted molar refractivity (Wildman–Crippen MR) is 290 cm³/mol. The first-order chi connectivity index (χ1) is 36.6. The first kappa shape index (κ1) is 49.6. The first-order valence-electron chi connectivity index (χ1n) is 24.5. The molecule has 0 fully saturated rings. The molecule has 4 nitrogen and oxygen atoms in total. The molecule has 0 bridgehead atoms. The van der Waals surface area contributed by atoms with Crippen LogP contribution in [0, 0.1) is 18.2 Å². The number of rotatable bonds is 13. The summed E-state index contributed by atoms with van der Waals surface area (Å²) in [5.41, 5.74) is 10.6. The monoisotopic (exact) mass is 1170 g/mol. The number of aromatic nitrogens is 3. The second kappa shape index (κ2) is 20.9. The third kappa shape index (κ3) is 10.2. The number of alkyl halides is 4. The average molecular weight is 1170 g/mol. The topological polar surface area (TPSA) is 51.8 Å². The van der Waals surface area contributed by atoms with E-state index in [1.54, 1.807) is 60.9 Å². The Morgan fingerprint density at radius 3 is 1.54 bits per heavy atom. The van der Waals surface area contributed by atoms with Crippen molar-refractivity contribution in [1.29, 1.82) is 0 Å². The van der Waals surface area contributed by atoms with E-state index in [0.29, 0.717) is 56.0 Å². The average Bonchev–Trinajstić information content (AvgIpc) is 3.89. The van der Waals surface area contributed by atoms with Gasteiger partial charge in [0.25, 0.3) is 11.8 Å². The van der Waals surface area contributed by atoms with Gasteiger partial charge in [0.2, 0.25) is 0 Å². The molecule has 9 heteroatoms. The van der Waals surface area contributed by atoms with Gasteiger partial charge in [-0.15, -0.1) is 94.5 Å². The van der Waals surface area contributed by atoms with Gasteiger partial charge in [-0.1, -0.05) is 138 Å². The number of nitrogens with zero attached hydrogens (tertiary/aromatic N) is 3. The number of pyridine rings is 3. The Morgan fingerprint density at radius 1 is 0.382 bits per heavy atom. The van der Waals surface area contributed by atoms with Crippen molar-refractivity contribution < 1.29 is 42.1 Å². The van der Waals surface area contributed by atoms with Gasteiger partial charge in [0.05, 0.1) is 0 Å². The zero-order valence-electron chi connectivity index (χ0n) is 40.4. The van der Waals surface area contributed by atoms with Gasteiger partial charge in [-0.05, 0) is 87.4 Å². The first-order valence-corrected chi connectivity index (χ1v) is 24.5. The minimum absolute atomic E-state index is 0. The van der Waals surface area contributed by atoms with E-state index in [1.807, 2.05) is 115 Å². The zero-order valence-corrected chi connectivity index (χ0v) is 42.8. The number of hydrogen-bond donors (Lipinski definition) is 0. The van der Waals surface area contributed by atoms with Crippen molar-refractivity contribution in [3.8, 4) is 78.3 Å². The molecule has 0 atom stereocenters. The van der Waals surface area contributed by atoms with Crippen molar-refractivity contribution in [1.82, 2.24) is 15.0 Å². The molecule has 0 aliphatic carbocycles. The SMILES string of the molecule is FC(F)(Cc1c[c-]c(-c2ccccn2)cc1)c1cc(-c2ccccc2-c2c[c-]c(-c3cc4oc5ccccc5c4cn3)cc2-c2ccc(-c3ccccc3)cc2)cc(C(F)(F)Cc2c[c-]c(-c3ccccn3)cc2)c1.[Ir+3]. The van der Waals surface area contributed by atoms with Crippen molar-refractivity contribution in [2.75, 3.05) is 0 Å². The maximum Gasteiger partial charge on any atom is 3.00 e. The summed E-state index contributed by atoms with van der Waals surface area (Å²) in [5.74, 6) is -7.16. The Morgan fingerprint density at radius 2 is 0.934 bits per heavy atom. The smallest absolute Gasteiger partial charge is 0.457 e. The third-order valence-corrected chi connectivity index (χ3v) is 13.6. The summed E-state index contributed by atoms with van der Waals surface area (Å²) < 4.78 is 74.6. The molecule has 0 unspecified atom stereocenters. The summed E-state index contributed by atoms with van der Waals surface area (Å²) in [4.78, 5) is 13.6. The standard InChI is InChI=1S/C67H42F4N3O.Ir/c68-66(69,41-44-20-24-49(25-21-44)61-17-8-10-34-72-61)53-36-52(37-54(39-53)67(70,71)42-45-22-26-50(27-23-45)62-18-9-11-35-73-62)55-14-4-5-15-56(55)57-33-32-51(63-40-65-60(43-74-63)58-16-6-7-19-64(58)75-65)38-59(57)48-30-28-47(29-31-48)46-12-2-1-3-13-46;/h1-24,26,28-31,33-40,43H,41-42H2;/q-3;+3. The molecule has 76 heavy (non-hydrogen) atoms. The molecule has 12 rings (SSSR count). The molecule has 368 valence electrons. The largest absolute Gasteiger partial charge is 3.00 e. The fourth-order valence-electron chi connectivity index (χ4n) is 9.73. The van der Waals surface area contributed by atoms with Crippen molar-refractivity contribution >= 4 is 21.9 Å². The van der Waals surface area contributed by atoms with Gasteiger partial charge in [0.15, 0.2) is 0 Å². The Hall–Kier alpha value is -8.62. The Kier molecular flexibility index (Phi) is 13.7. The van der Waals surface area contributed by atoms with Crippen LogP contribution in [0.15, 0.2) is 235 Å². The molecule has 12 aromatic rings. The van der Waals surface area contributed by atoms with Crippen LogP contribution in [0.1, 0.15) is 22.3 Å². The predicted octanol–water partition coefficient (Wildman–Crippen LogP) is 17.5. The molecule has 4 aromatic heterocycles. The van der Waals surface area contributed by atoms with Crippen LogP contribution < -0.4 is 0 Å². The minimum atomic E-state index is -3.58. The fourth-order valence-corrected chi connectivity index (χ4v) is 9.73. The number of para-hydroxylation sites is 1. The molecule has 0 radical (unpaired) electrons. The summed E-state index contributed by atoms with van der Waals surface area (Å²) in [6, 6.07) is 73.0. The van der Waals surface area contributed by atoms with Crippen LogP contribution in [0.2, 0.25) is 0 Å². The molecular formula is C67H42F4IrN3O. The fraction of sp³-hybridized carbons (Fsp3) is 0.0597. The van der Waals surface area contributed by atoms with Gasteiger partial charge in [-0.3, -0.25) is 0 Å². The van der Waals surface area contributed by atoms with E-state index in [9.17, 15) is 0 Å². The van der Waals surface area contributed by atoms with Crippen LogP contribution >= 0.6 is 0 Å². The molecule has 8 aromatic carbocycles. The zero-order chi connectivity index (χ0) is 50.9. The molecular weight excluding hydrogens is 1130 g/mol. The van der Waals surface area contributed by atoms with E-state index < -0.39 is 35.8 Å². The summed E-state index contributed by atoms with van der Waals surface area (Å²) in [6.07, 6.45) is 3.61. The second-order valence-electron chi connectivity index (χ2n) is 18.5. The number of hydrogen-bond acceptors (Lipinski definition) is 4. The normalized spacial score (nSPS) is 11.7. The van der Waals surface area contributed by atoms with Gasteiger partial charge in [-0.25, -0.2) is 17.6 Å². The molecule has 0 saturated carbocycles. The van der Waals surface area contributed by atoms with Crippen LogP contribution in [0.5, 0.6) is 0 Å². The number of furan rings is 1. The van der Waals surface area contributed by atoms with E-state index in [4.69, 9.17) is 9.40 Å². The van der Waals surface area contributed by atoms with E-state index in [2.05, 4.69) is 52.4 Å². The third-order valence-electron chi connectivity index (χ3n) is 13.6. The number of fused-ring (bicyclic) bond motifs is 3. The van der Waals surface area contributed by atoms with Crippen molar-refractivity contribution in [2.24, 2.45) is 0 Å². The maximum atomic E-state index is 17.1. The van der Waals surface area contributed by atoms with Crippen LogP contribution in [0.4, 0.5) is 17.6 Å². The van der Waals surface area contributed by atoms with Gasteiger partial charge in [0, 0.05) is 53.3 Å². The maximum absolute atomic E-state index is 17.1. The van der Waals surface area contributed by atoms with E-state index >= 15 is 17.6 Å². The summed E-state index contributed by atoms with van der Waals surface area (Å²) in [7, 11) is 0. The minimum Gasteiger partial charge on any atom is -0.457 e. The molecule has 0 saturated heterocycles. The Labute approximate surface area is 450 Å². The number of halogens is 4. The van der Waals surface area contributed by atoms with Crippen LogP contribution in [-0.2, 0) is 44.8 Å². The van der Waals surface area contributed by atoms with Crippen molar-refractivity contribution in [3.63, 3.8) is 0 Å². The molecule has 0 aliphatic heterocycles. The summed E-state index contributed by atoms with van der Waals surface area (Å²) >= 11 is 0.